The topological polar surface area (TPSA) is 67.1 Å². The lowest BCUT2D eigenvalue weighted by Gasteiger charge is -2.37. The zero-order chi connectivity index (χ0) is 13.1. The number of nitrogens with zero attached hydrogens (tertiary/aromatic N) is 3. The SMILES string of the molecule is Nc1nccc(N2CCCC3(CCNCC3)CC2)n1. The highest BCUT2D eigenvalue weighted by molar-refractivity contribution is 5.41. The normalized spacial score (nSPS) is 23.3. The van der Waals surface area contributed by atoms with Crippen molar-refractivity contribution in [1.29, 1.82) is 0 Å². The molecule has 5 heteroatoms. The molecule has 3 N–H and O–H groups in total. The molecule has 3 rings (SSSR count). The third-order valence-electron chi connectivity index (χ3n) is 4.69. The number of hydrogen-bond donors (Lipinski definition) is 2. The van der Waals surface area contributed by atoms with E-state index in [9.17, 15) is 0 Å². The Balaban J connectivity index is 1.70. The monoisotopic (exact) mass is 261 g/mol. The molecule has 0 unspecified atom stereocenters. The maximum atomic E-state index is 5.68. The van der Waals surface area contributed by atoms with Gasteiger partial charge < -0.3 is 16.0 Å². The molecule has 19 heavy (non-hydrogen) atoms. The Kier molecular flexibility index (Phi) is 3.55. The van der Waals surface area contributed by atoms with Gasteiger partial charge in [0.15, 0.2) is 0 Å². The summed E-state index contributed by atoms with van der Waals surface area (Å²) < 4.78 is 0. The van der Waals surface area contributed by atoms with Crippen molar-refractivity contribution in [2.45, 2.75) is 32.1 Å². The van der Waals surface area contributed by atoms with Crippen LogP contribution in [0.4, 0.5) is 11.8 Å². The van der Waals surface area contributed by atoms with E-state index in [-0.39, 0.29) is 0 Å². The smallest absolute Gasteiger partial charge is 0.221 e. The van der Waals surface area contributed by atoms with Gasteiger partial charge >= 0.3 is 0 Å². The fourth-order valence-corrected chi connectivity index (χ4v) is 3.48. The third-order valence-corrected chi connectivity index (χ3v) is 4.69. The standard InChI is InChI=1S/C14H23N5/c15-13-17-7-2-12(18-13)19-10-1-3-14(6-11-19)4-8-16-9-5-14/h2,7,16H,1,3-6,8-11H2,(H2,15,17,18). The largest absolute Gasteiger partial charge is 0.368 e. The molecule has 0 aliphatic carbocycles. The summed E-state index contributed by atoms with van der Waals surface area (Å²) in [5.41, 5.74) is 6.25. The van der Waals surface area contributed by atoms with Crippen molar-refractivity contribution in [3.63, 3.8) is 0 Å². The van der Waals surface area contributed by atoms with Gasteiger partial charge in [0, 0.05) is 19.3 Å². The molecule has 1 aromatic heterocycles. The van der Waals surface area contributed by atoms with Crippen molar-refractivity contribution in [1.82, 2.24) is 15.3 Å². The number of nitrogens with two attached hydrogens (primary N) is 1. The van der Waals surface area contributed by atoms with Crippen LogP contribution in [0.2, 0.25) is 0 Å². The van der Waals surface area contributed by atoms with Crippen LogP contribution in [0.15, 0.2) is 12.3 Å². The van der Waals surface area contributed by atoms with Gasteiger partial charge in [-0.3, -0.25) is 0 Å². The second-order valence-corrected chi connectivity index (χ2v) is 5.86. The minimum atomic E-state index is 0.373. The average Bonchev–Trinajstić information content (AvgIpc) is 2.63. The lowest BCUT2D eigenvalue weighted by Crippen LogP contribution is -2.37. The average molecular weight is 261 g/mol. The fraction of sp³-hybridized carbons (Fsp3) is 0.714. The van der Waals surface area contributed by atoms with Crippen LogP contribution < -0.4 is 16.0 Å². The number of anilines is 2. The van der Waals surface area contributed by atoms with Crippen LogP contribution in [-0.2, 0) is 0 Å². The van der Waals surface area contributed by atoms with Crippen LogP contribution >= 0.6 is 0 Å². The molecule has 1 aromatic rings. The minimum absolute atomic E-state index is 0.373. The van der Waals surface area contributed by atoms with E-state index in [0.717, 1.165) is 18.9 Å². The van der Waals surface area contributed by atoms with Gasteiger partial charge in [0.2, 0.25) is 5.95 Å². The first-order chi connectivity index (χ1) is 9.27. The summed E-state index contributed by atoms with van der Waals surface area (Å²) in [6.07, 6.45) is 8.29. The molecule has 2 aliphatic rings. The molecule has 0 saturated carbocycles. The maximum absolute atomic E-state index is 5.68. The van der Waals surface area contributed by atoms with Gasteiger partial charge in [0.25, 0.3) is 0 Å². The van der Waals surface area contributed by atoms with Gasteiger partial charge in [-0.2, -0.15) is 4.98 Å². The highest BCUT2D eigenvalue weighted by atomic mass is 15.2. The Morgan fingerprint density at radius 1 is 1.16 bits per heavy atom. The molecular formula is C14H23N5. The number of hydrogen-bond acceptors (Lipinski definition) is 5. The molecule has 104 valence electrons. The van der Waals surface area contributed by atoms with Crippen molar-refractivity contribution in [3.8, 4) is 0 Å². The molecule has 1 spiro atoms. The Hall–Kier alpha value is -1.36. The van der Waals surface area contributed by atoms with Crippen molar-refractivity contribution in [2.24, 2.45) is 5.41 Å². The molecule has 5 nitrogen and oxygen atoms in total. The first-order valence-electron chi connectivity index (χ1n) is 7.32. The molecule has 0 bridgehead atoms. The summed E-state index contributed by atoms with van der Waals surface area (Å²) in [7, 11) is 0. The van der Waals surface area contributed by atoms with E-state index in [1.165, 1.54) is 45.2 Å². The predicted octanol–water partition coefficient (Wildman–Crippen LogP) is 1.42. The van der Waals surface area contributed by atoms with Crippen LogP contribution in [0.1, 0.15) is 32.1 Å². The molecule has 2 saturated heterocycles. The first kappa shape index (κ1) is 12.7. The third kappa shape index (κ3) is 2.81. The predicted molar refractivity (Wildman–Crippen MR) is 77.0 cm³/mol. The maximum Gasteiger partial charge on any atom is 0.221 e. The van der Waals surface area contributed by atoms with Crippen molar-refractivity contribution in [2.75, 3.05) is 36.8 Å². The summed E-state index contributed by atoms with van der Waals surface area (Å²) in [4.78, 5) is 10.7. The number of aromatic nitrogens is 2. The van der Waals surface area contributed by atoms with Gasteiger partial charge in [-0.1, -0.05) is 0 Å². The number of nitrogens with one attached hydrogen (secondary N) is 1. The van der Waals surface area contributed by atoms with Crippen molar-refractivity contribution < 1.29 is 0 Å². The summed E-state index contributed by atoms with van der Waals surface area (Å²) >= 11 is 0. The van der Waals surface area contributed by atoms with Crippen LogP contribution in [0.25, 0.3) is 0 Å². The van der Waals surface area contributed by atoms with Gasteiger partial charge in [-0.25, -0.2) is 4.98 Å². The van der Waals surface area contributed by atoms with E-state index in [1.807, 2.05) is 6.07 Å². The molecule has 0 amide bonds. The molecule has 0 atom stereocenters. The highest BCUT2D eigenvalue weighted by Crippen LogP contribution is 2.39. The van der Waals surface area contributed by atoms with Crippen LogP contribution in [0, 0.1) is 5.41 Å². The zero-order valence-electron chi connectivity index (χ0n) is 11.4. The number of rotatable bonds is 1. The Bertz CT molecular complexity index is 428. The summed E-state index contributed by atoms with van der Waals surface area (Å²) in [6, 6.07) is 1.97. The molecule has 2 aliphatic heterocycles. The van der Waals surface area contributed by atoms with Crippen LogP contribution in [0.5, 0.6) is 0 Å². The molecule has 3 heterocycles. The quantitative estimate of drug-likeness (QED) is 0.800. The Labute approximate surface area is 114 Å². The number of piperidine rings is 1. The van der Waals surface area contributed by atoms with Crippen molar-refractivity contribution >= 4 is 11.8 Å². The van der Waals surface area contributed by atoms with E-state index >= 15 is 0 Å². The van der Waals surface area contributed by atoms with E-state index in [4.69, 9.17) is 5.73 Å². The fourth-order valence-electron chi connectivity index (χ4n) is 3.48. The molecule has 0 radical (unpaired) electrons. The van der Waals surface area contributed by atoms with Crippen LogP contribution in [-0.4, -0.2) is 36.1 Å². The van der Waals surface area contributed by atoms with Gasteiger partial charge in [0.05, 0.1) is 0 Å². The zero-order valence-corrected chi connectivity index (χ0v) is 11.4. The van der Waals surface area contributed by atoms with Crippen molar-refractivity contribution in [3.05, 3.63) is 12.3 Å². The molecule has 2 fully saturated rings. The first-order valence-corrected chi connectivity index (χ1v) is 7.32. The van der Waals surface area contributed by atoms with Crippen LogP contribution in [0.3, 0.4) is 0 Å². The Morgan fingerprint density at radius 3 is 2.79 bits per heavy atom. The molecular weight excluding hydrogens is 238 g/mol. The van der Waals surface area contributed by atoms with E-state index in [0.29, 0.717) is 11.4 Å². The highest BCUT2D eigenvalue weighted by Gasteiger charge is 2.33. The van der Waals surface area contributed by atoms with Gasteiger partial charge in [0.1, 0.15) is 5.82 Å². The van der Waals surface area contributed by atoms with E-state index in [2.05, 4.69) is 20.2 Å². The summed E-state index contributed by atoms with van der Waals surface area (Å²) in [6.45, 7) is 4.54. The van der Waals surface area contributed by atoms with E-state index in [1.54, 1.807) is 6.20 Å². The second kappa shape index (κ2) is 5.33. The van der Waals surface area contributed by atoms with Gasteiger partial charge in [-0.15, -0.1) is 0 Å². The molecule has 0 aromatic carbocycles. The lowest BCUT2D eigenvalue weighted by atomic mass is 9.73. The number of nitrogen functional groups attached to an aromatic ring is 1. The minimum Gasteiger partial charge on any atom is -0.368 e. The van der Waals surface area contributed by atoms with Gasteiger partial charge in [-0.05, 0) is 56.7 Å². The Morgan fingerprint density at radius 2 is 2.00 bits per heavy atom. The summed E-state index contributed by atoms with van der Waals surface area (Å²) in [5, 5.41) is 3.48. The van der Waals surface area contributed by atoms with E-state index < -0.39 is 0 Å². The lowest BCUT2D eigenvalue weighted by molar-refractivity contribution is 0.178. The summed E-state index contributed by atoms with van der Waals surface area (Å²) in [5.74, 6) is 1.36. The second-order valence-electron chi connectivity index (χ2n) is 5.86.